The van der Waals surface area contributed by atoms with Crippen molar-refractivity contribution in [2.45, 2.75) is 26.7 Å². The van der Waals surface area contributed by atoms with Gasteiger partial charge in [-0.3, -0.25) is 5.10 Å². The van der Waals surface area contributed by atoms with E-state index >= 15 is 0 Å². The fourth-order valence-electron chi connectivity index (χ4n) is 1.95. The monoisotopic (exact) mass is 344 g/mol. The number of fused-ring (bicyclic) bond motifs is 1. The lowest BCUT2D eigenvalue weighted by molar-refractivity contribution is -0.134. The molecule has 3 aromatic heterocycles. The van der Waals surface area contributed by atoms with Gasteiger partial charge in [-0.05, 0) is 13.0 Å². The number of rotatable bonds is 5. The van der Waals surface area contributed by atoms with Crippen molar-refractivity contribution in [3.63, 3.8) is 0 Å². The number of aromatic amines is 1. The molecule has 25 heavy (non-hydrogen) atoms. The van der Waals surface area contributed by atoms with Gasteiger partial charge >= 0.3 is 12.0 Å². The Hall–Kier alpha value is -3.37. The van der Waals surface area contributed by atoms with E-state index in [1.54, 1.807) is 6.92 Å². The van der Waals surface area contributed by atoms with E-state index < -0.39 is 5.97 Å². The van der Waals surface area contributed by atoms with Crippen molar-refractivity contribution in [3.8, 4) is 0 Å². The van der Waals surface area contributed by atoms with Crippen molar-refractivity contribution in [1.82, 2.24) is 30.0 Å². The molecule has 0 fully saturated rings. The molecular weight excluding hydrogens is 328 g/mol. The number of carbonyl (C=O) groups excluding carboxylic acids is 1. The molecule has 0 aliphatic rings. The van der Waals surface area contributed by atoms with E-state index in [9.17, 15) is 4.79 Å². The van der Waals surface area contributed by atoms with E-state index in [0.717, 1.165) is 0 Å². The summed E-state index contributed by atoms with van der Waals surface area (Å²) in [7, 11) is 1.29. The van der Waals surface area contributed by atoms with Crippen LogP contribution in [0.2, 0.25) is 0 Å². The molecule has 0 bridgehead atoms. The first kappa shape index (κ1) is 16.5. The van der Waals surface area contributed by atoms with Gasteiger partial charge in [0.1, 0.15) is 0 Å². The van der Waals surface area contributed by atoms with Crippen LogP contribution in [0.1, 0.15) is 37.1 Å². The van der Waals surface area contributed by atoms with Gasteiger partial charge in [0.05, 0.1) is 12.8 Å². The van der Waals surface area contributed by atoms with Crippen LogP contribution in [0.4, 0.5) is 11.7 Å². The molecule has 0 saturated heterocycles. The number of hydrogen-bond acceptors (Lipinski definition) is 9. The molecule has 11 heteroatoms. The lowest BCUT2D eigenvalue weighted by Gasteiger charge is -1.95. The maximum atomic E-state index is 11.3. The number of esters is 1. The van der Waals surface area contributed by atoms with E-state index in [2.05, 4.69) is 40.3 Å². The maximum absolute atomic E-state index is 11.3. The fraction of sp³-hybridized carbons (Fsp3) is 0.357. The number of methoxy groups -OCH3 is 1. The van der Waals surface area contributed by atoms with Crippen LogP contribution in [0.25, 0.3) is 11.7 Å². The highest BCUT2D eigenvalue weighted by Crippen LogP contribution is 2.28. The maximum Gasteiger partial charge on any atom is 0.366 e. The van der Waals surface area contributed by atoms with Crippen molar-refractivity contribution in [2.75, 3.05) is 7.11 Å². The normalized spacial score (nSPS) is 12.2. The Morgan fingerprint density at radius 2 is 2.16 bits per heavy atom. The van der Waals surface area contributed by atoms with Gasteiger partial charge in [-0.15, -0.1) is 10.2 Å². The quantitative estimate of drug-likeness (QED) is 0.426. The average molecular weight is 344 g/mol. The van der Waals surface area contributed by atoms with Crippen molar-refractivity contribution in [3.05, 3.63) is 23.4 Å². The van der Waals surface area contributed by atoms with Gasteiger partial charge in [-0.25, -0.2) is 9.78 Å². The average Bonchev–Trinajstić information content (AvgIpc) is 3.25. The molecule has 0 unspecified atom stereocenters. The molecule has 0 radical (unpaired) electrons. The largest absolute Gasteiger partial charge is 0.466 e. The summed E-state index contributed by atoms with van der Waals surface area (Å²) < 4.78 is 11.0. The van der Waals surface area contributed by atoms with Crippen molar-refractivity contribution < 1.29 is 14.1 Å². The second-order valence-electron chi connectivity index (χ2n) is 5.41. The zero-order valence-electron chi connectivity index (χ0n) is 14.1. The SMILES string of the molecule is COC(=O)/C=C\c1[nH]n2nc(C(C)C)nc2c1N=Nc1nc(C)no1. The molecule has 0 aliphatic heterocycles. The van der Waals surface area contributed by atoms with Gasteiger partial charge in [0, 0.05) is 12.0 Å². The number of ether oxygens (including phenoxy) is 1. The smallest absolute Gasteiger partial charge is 0.366 e. The molecule has 0 amide bonds. The molecule has 0 saturated carbocycles. The molecule has 0 spiro atoms. The van der Waals surface area contributed by atoms with E-state index in [1.807, 2.05) is 13.8 Å². The lowest BCUT2D eigenvalue weighted by atomic mass is 10.2. The number of carbonyl (C=O) groups is 1. The van der Waals surface area contributed by atoms with Gasteiger partial charge in [-0.2, -0.15) is 9.61 Å². The zero-order valence-corrected chi connectivity index (χ0v) is 14.1. The Kier molecular flexibility index (Phi) is 4.37. The molecule has 0 aromatic carbocycles. The summed E-state index contributed by atoms with van der Waals surface area (Å²) in [5, 5.41) is 19.0. The van der Waals surface area contributed by atoms with Crippen molar-refractivity contribution in [2.24, 2.45) is 10.2 Å². The van der Waals surface area contributed by atoms with Gasteiger partial charge in [-0.1, -0.05) is 24.1 Å². The van der Waals surface area contributed by atoms with Gasteiger partial charge in [0.2, 0.25) is 5.65 Å². The highest BCUT2D eigenvalue weighted by molar-refractivity contribution is 5.88. The van der Waals surface area contributed by atoms with E-state index in [1.165, 1.54) is 23.9 Å². The minimum atomic E-state index is -0.501. The number of hydrogen-bond donors (Lipinski definition) is 1. The number of nitrogens with one attached hydrogen (secondary N) is 1. The zero-order chi connectivity index (χ0) is 18.0. The number of aromatic nitrogens is 6. The van der Waals surface area contributed by atoms with Crippen LogP contribution in [0, 0.1) is 6.92 Å². The Bertz CT molecular complexity index is 962. The molecule has 130 valence electrons. The molecule has 0 aliphatic carbocycles. The Morgan fingerprint density at radius 3 is 2.80 bits per heavy atom. The highest BCUT2D eigenvalue weighted by Gasteiger charge is 2.17. The molecule has 3 heterocycles. The second-order valence-corrected chi connectivity index (χ2v) is 5.41. The molecular formula is C14H16N8O3. The van der Waals surface area contributed by atoms with Crippen LogP contribution in [0.15, 0.2) is 20.8 Å². The molecule has 11 nitrogen and oxygen atoms in total. The summed E-state index contributed by atoms with van der Waals surface area (Å²) in [6.45, 7) is 5.64. The van der Waals surface area contributed by atoms with Gasteiger partial charge < -0.3 is 9.26 Å². The molecule has 3 aromatic rings. The fourth-order valence-corrected chi connectivity index (χ4v) is 1.95. The minimum Gasteiger partial charge on any atom is -0.466 e. The summed E-state index contributed by atoms with van der Waals surface area (Å²) in [6.07, 6.45) is 2.76. The Morgan fingerprint density at radius 1 is 1.36 bits per heavy atom. The van der Waals surface area contributed by atoms with E-state index in [-0.39, 0.29) is 11.9 Å². The first-order valence-corrected chi connectivity index (χ1v) is 7.44. The third-order valence-corrected chi connectivity index (χ3v) is 3.17. The van der Waals surface area contributed by atoms with E-state index in [4.69, 9.17) is 4.52 Å². The number of aryl methyl sites for hydroxylation is 1. The standard InChI is InChI=1S/C14H16N8O3/c1-7(2)12-16-13-11(17-18-14-15-8(3)21-25-14)9(19-22(13)20-12)5-6-10(23)24-4/h5-7,19H,1-4H3/b6-5-,18-17?. The first-order valence-electron chi connectivity index (χ1n) is 7.44. The summed E-state index contributed by atoms with van der Waals surface area (Å²) in [4.78, 5) is 19.7. The lowest BCUT2D eigenvalue weighted by Crippen LogP contribution is -1.95. The topological polar surface area (TPSA) is 136 Å². The van der Waals surface area contributed by atoms with Gasteiger partial charge in [0.25, 0.3) is 0 Å². The molecule has 0 atom stereocenters. The number of azo groups is 1. The number of nitrogens with zero attached hydrogens (tertiary/aromatic N) is 7. The van der Waals surface area contributed by atoms with Crippen LogP contribution in [0.5, 0.6) is 0 Å². The molecule has 1 N–H and O–H groups in total. The summed E-state index contributed by atoms with van der Waals surface area (Å²) in [5.74, 6) is 0.743. The van der Waals surface area contributed by atoms with Crippen molar-refractivity contribution >= 4 is 29.4 Å². The Labute approximate surface area is 141 Å². The van der Waals surface area contributed by atoms with Gasteiger partial charge in [0.15, 0.2) is 17.3 Å². The third-order valence-electron chi connectivity index (χ3n) is 3.17. The highest BCUT2D eigenvalue weighted by atomic mass is 16.5. The summed E-state index contributed by atoms with van der Waals surface area (Å²) in [6, 6.07) is 0.0170. The van der Waals surface area contributed by atoms with Crippen LogP contribution < -0.4 is 0 Å². The van der Waals surface area contributed by atoms with Crippen LogP contribution >= 0.6 is 0 Å². The summed E-state index contributed by atoms with van der Waals surface area (Å²) >= 11 is 0. The minimum absolute atomic E-state index is 0.0170. The predicted octanol–water partition coefficient (Wildman–Crippen LogP) is 2.47. The Balaban J connectivity index is 2.05. The first-order chi connectivity index (χ1) is 12.0. The number of H-pyrrole nitrogens is 1. The van der Waals surface area contributed by atoms with Crippen LogP contribution in [-0.4, -0.2) is 43.0 Å². The van der Waals surface area contributed by atoms with Crippen LogP contribution in [-0.2, 0) is 9.53 Å². The second kappa shape index (κ2) is 6.63. The van der Waals surface area contributed by atoms with Crippen LogP contribution in [0.3, 0.4) is 0 Å². The third kappa shape index (κ3) is 3.44. The van der Waals surface area contributed by atoms with E-state index in [0.29, 0.717) is 28.7 Å². The molecule has 3 rings (SSSR count). The summed E-state index contributed by atoms with van der Waals surface area (Å²) in [5.41, 5.74) is 1.33. The predicted molar refractivity (Wildman–Crippen MR) is 85.7 cm³/mol. The van der Waals surface area contributed by atoms with Crippen molar-refractivity contribution in [1.29, 1.82) is 0 Å².